The Labute approximate surface area is 134 Å². The first kappa shape index (κ1) is 16.0. The number of benzene rings is 2. The van der Waals surface area contributed by atoms with Crippen molar-refractivity contribution in [2.45, 2.75) is 6.54 Å². The Morgan fingerprint density at radius 3 is 2.64 bits per heavy atom. The third kappa shape index (κ3) is 4.30. The van der Waals surface area contributed by atoms with Crippen LogP contribution >= 0.6 is 11.6 Å². The number of halogens is 1. The lowest BCUT2D eigenvalue weighted by molar-refractivity contribution is 0.251. The van der Waals surface area contributed by atoms with Crippen LogP contribution in [0.5, 0.6) is 11.5 Å². The predicted molar refractivity (Wildman–Crippen MR) is 86.9 cm³/mol. The summed E-state index contributed by atoms with van der Waals surface area (Å²) in [6, 6.07) is 12.2. The summed E-state index contributed by atoms with van der Waals surface area (Å²) < 4.78 is 10.2. The topological polar surface area (TPSA) is 59.6 Å². The van der Waals surface area contributed by atoms with Crippen LogP contribution < -0.4 is 20.1 Å². The van der Waals surface area contributed by atoms with Gasteiger partial charge in [0.05, 0.1) is 19.2 Å². The molecule has 0 atom stereocenters. The average molecular weight is 321 g/mol. The fourth-order valence-corrected chi connectivity index (χ4v) is 2.14. The standard InChI is InChI=1S/C16H17ClN2O3/c1-21-13-5-3-4-11(8-13)10-18-16(20)19-12-6-7-15(22-2)14(17)9-12/h3-9H,10H2,1-2H3,(H2,18,19,20). The first-order chi connectivity index (χ1) is 10.6. The van der Waals surface area contributed by atoms with Gasteiger partial charge >= 0.3 is 6.03 Å². The second kappa shape index (κ2) is 7.56. The van der Waals surface area contributed by atoms with E-state index in [1.807, 2.05) is 24.3 Å². The van der Waals surface area contributed by atoms with Crippen molar-refractivity contribution in [1.82, 2.24) is 5.32 Å². The Morgan fingerprint density at radius 2 is 1.95 bits per heavy atom. The molecule has 2 aromatic carbocycles. The summed E-state index contributed by atoms with van der Waals surface area (Å²) in [7, 11) is 3.14. The zero-order valence-corrected chi connectivity index (χ0v) is 13.1. The minimum absolute atomic E-state index is 0.316. The number of ether oxygens (including phenoxy) is 2. The highest BCUT2D eigenvalue weighted by atomic mass is 35.5. The van der Waals surface area contributed by atoms with Crippen LogP contribution in [0, 0.1) is 0 Å². The van der Waals surface area contributed by atoms with Gasteiger partial charge in [0.15, 0.2) is 0 Å². The average Bonchev–Trinajstić information content (AvgIpc) is 2.53. The van der Waals surface area contributed by atoms with Crippen molar-refractivity contribution in [2.75, 3.05) is 19.5 Å². The summed E-state index contributed by atoms with van der Waals surface area (Å²) in [4.78, 5) is 11.9. The number of anilines is 1. The van der Waals surface area contributed by atoms with E-state index >= 15 is 0 Å². The van der Waals surface area contributed by atoms with Gasteiger partial charge < -0.3 is 20.1 Å². The van der Waals surface area contributed by atoms with Crippen LogP contribution in [0.25, 0.3) is 0 Å². The molecule has 0 radical (unpaired) electrons. The molecule has 0 aliphatic rings. The molecule has 2 amide bonds. The molecule has 0 aromatic heterocycles. The third-order valence-corrected chi connectivity index (χ3v) is 3.29. The van der Waals surface area contributed by atoms with Crippen molar-refractivity contribution >= 4 is 23.3 Å². The van der Waals surface area contributed by atoms with Gasteiger partial charge in [0.1, 0.15) is 11.5 Å². The fraction of sp³-hybridized carbons (Fsp3) is 0.188. The van der Waals surface area contributed by atoms with Crippen LogP contribution in [-0.2, 0) is 6.54 Å². The lowest BCUT2D eigenvalue weighted by Crippen LogP contribution is -2.28. The van der Waals surface area contributed by atoms with Crippen molar-refractivity contribution in [3.63, 3.8) is 0 Å². The predicted octanol–water partition coefficient (Wildman–Crippen LogP) is 3.68. The highest BCUT2D eigenvalue weighted by Crippen LogP contribution is 2.27. The summed E-state index contributed by atoms with van der Waals surface area (Å²) in [5.74, 6) is 1.31. The number of hydrogen-bond acceptors (Lipinski definition) is 3. The van der Waals surface area contributed by atoms with Crippen molar-refractivity contribution < 1.29 is 14.3 Å². The maximum Gasteiger partial charge on any atom is 0.319 e. The van der Waals surface area contributed by atoms with Crippen molar-refractivity contribution in [3.05, 3.63) is 53.1 Å². The van der Waals surface area contributed by atoms with Gasteiger partial charge in [0, 0.05) is 12.2 Å². The summed E-state index contributed by atoms with van der Waals surface area (Å²) in [5.41, 5.74) is 1.54. The Morgan fingerprint density at radius 1 is 1.14 bits per heavy atom. The molecule has 0 unspecified atom stereocenters. The van der Waals surface area contributed by atoms with E-state index in [0.717, 1.165) is 11.3 Å². The molecule has 0 fully saturated rings. The van der Waals surface area contributed by atoms with Gasteiger partial charge in [0.2, 0.25) is 0 Å². The Bertz CT molecular complexity index is 662. The molecule has 2 rings (SSSR count). The van der Waals surface area contributed by atoms with E-state index in [1.165, 1.54) is 7.11 Å². The van der Waals surface area contributed by atoms with Crippen LogP contribution in [0.15, 0.2) is 42.5 Å². The monoisotopic (exact) mass is 320 g/mol. The van der Waals surface area contributed by atoms with Crippen LogP contribution in [-0.4, -0.2) is 20.3 Å². The van der Waals surface area contributed by atoms with Gasteiger partial charge in [-0.15, -0.1) is 0 Å². The molecule has 0 saturated carbocycles. The molecule has 0 aliphatic heterocycles. The Hall–Kier alpha value is -2.40. The number of carbonyl (C=O) groups is 1. The molecule has 2 N–H and O–H groups in total. The highest BCUT2D eigenvalue weighted by Gasteiger charge is 2.05. The normalized spacial score (nSPS) is 9.95. The maximum absolute atomic E-state index is 11.9. The molecule has 0 bridgehead atoms. The van der Waals surface area contributed by atoms with Gasteiger partial charge in [-0.1, -0.05) is 23.7 Å². The summed E-state index contributed by atoms with van der Waals surface area (Å²) >= 11 is 6.01. The molecular weight excluding hydrogens is 304 g/mol. The number of methoxy groups -OCH3 is 2. The minimum Gasteiger partial charge on any atom is -0.497 e. The summed E-state index contributed by atoms with van der Waals surface area (Å²) in [5, 5.41) is 5.92. The molecule has 22 heavy (non-hydrogen) atoms. The van der Waals surface area contributed by atoms with Gasteiger partial charge in [-0.25, -0.2) is 4.79 Å². The molecule has 0 aliphatic carbocycles. The van der Waals surface area contributed by atoms with Crippen molar-refractivity contribution in [2.24, 2.45) is 0 Å². The highest BCUT2D eigenvalue weighted by molar-refractivity contribution is 6.32. The number of rotatable bonds is 5. The largest absolute Gasteiger partial charge is 0.497 e. The van der Waals surface area contributed by atoms with E-state index < -0.39 is 0 Å². The fourth-order valence-electron chi connectivity index (χ4n) is 1.88. The van der Waals surface area contributed by atoms with Crippen molar-refractivity contribution in [1.29, 1.82) is 0 Å². The molecule has 116 valence electrons. The molecular formula is C16H17ClN2O3. The van der Waals surface area contributed by atoms with Gasteiger partial charge in [-0.2, -0.15) is 0 Å². The SMILES string of the molecule is COc1cccc(CNC(=O)Nc2ccc(OC)c(Cl)c2)c1. The number of urea groups is 1. The lowest BCUT2D eigenvalue weighted by Gasteiger charge is -2.10. The third-order valence-electron chi connectivity index (χ3n) is 3.00. The van der Waals surface area contributed by atoms with E-state index in [4.69, 9.17) is 21.1 Å². The maximum atomic E-state index is 11.9. The number of nitrogens with one attached hydrogen (secondary N) is 2. The Kier molecular flexibility index (Phi) is 5.49. The first-order valence-corrected chi connectivity index (χ1v) is 7.01. The van der Waals surface area contributed by atoms with Crippen LogP contribution in [0.1, 0.15) is 5.56 Å². The van der Waals surface area contributed by atoms with Gasteiger partial charge in [-0.3, -0.25) is 0 Å². The number of hydrogen-bond donors (Lipinski definition) is 2. The molecule has 6 heteroatoms. The smallest absolute Gasteiger partial charge is 0.319 e. The Balaban J connectivity index is 1.91. The minimum atomic E-state index is -0.316. The van der Waals surface area contributed by atoms with Gasteiger partial charge in [0.25, 0.3) is 0 Å². The summed E-state index contributed by atoms with van der Waals surface area (Å²) in [6.45, 7) is 0.396. The molecule has 0 spiro atoms. The van der Waals surface area contributed by atoms with E-state index in [0.29, 0.717) is 23.0 Å². The van der Waals surface area contributed by atoms with Crippen LogP contribution in [0.4, 0.5) is 10.5 Å². The van der Waals surface area contributed by atoms with E-state index in [-0.39, 0.29) is 6.03 Å². The first-order valence-electron chi connectivity index (χ1n) is 6.63. The molecule has 0 saturated heterocycles. The molecule has 0 heterocycles. The van der Waals surface area contributed by atoms with Gasteiger partial charge in [-0.05, 0) is 35.9 Å². The zero-order valence-electron chi connectivity index (χ0n) is 12.4. The van der Waals surface area contributed by atoms with E-state index in [9.17, 15) is 4.79 Å². The number of carbonyl (C=O) groups excluding carboxylic acids is 1. The van der Waals surface area contributed by atoms with Crippen molar-refractivity contribution in [3.8, 4) is 11.5 Å². The second-order valence-corrected chi connectivity index (χ2v) is 4.92. The lowest BCUT2D eigenvalue weighted by atomic mass is 10.2. The second-order valence-electron chi connectivity index (χ2n) is 4.51. The molecule has 2 aromatic rings. The van der Waals surface area contributed by atoms with E-state index in [1.54, 1.807) is 25.3 Å². The molecule has 5 nitrogen and oxygen atoms in total. The van der Waals surface area contributed by atoms with Crippen LogP contribution in [0.2, 0.25) is 5.02 Å². The van der Waals surface area contributed by atoms with E-state index in [2.05, 4.69) is 10.6 Å². The quantitative estimate of drug-likeness (QED) is 0.883. The summed E-state index contributed by atoms with van der Waals surface area (Å²) in [6.07, 6.45) is 0. The van der Waals surface area contributed by atoms with Crippen LogP contribution in [0.3, 0.4) is 0 Å². The number of amides is 2. The zero-order chi connectivity index (χ0) is 15.9.